The molecule has 0 spiro atoms. The molecule has 0 aliphatic heterocycles. The fourth-order valence-corrected chi connectivity index (χ4v) is 1.10. The zero-order valence-electron chi connectivity index (χ0n) is 9.71. The Morgan fingerprint density at radius 2 is 1.88 bits per heavy atom. The molecule has 0 amide bonds. The van der Waals surface area contributed by atoms with Gasteiger partial charge < -0.3 is 14.2 Å². The zero-order valence-corrected chi connectivity index (χ0v) is 9.71. The van der Waals surface area contributed by atoms with E-state index >= 15 is 0 Å². The second-order valence-corrected chi connectivity index (χ2v) is 3.26. The summed E-state index contributed by atoms with van der Waals surface area (Å²) >= 11 is 0. The van der Waals surface area contributed by atoms with Crippen LogP contribution < -0.4 is 4.74 Å². The van der Waals surface area contributed by atoms with E-state index in [0.717, 1.165) is 0 Å². The maximum absolute atomic E-state index is 11.3. The Kier molecular flexibility index (Phi) is 5.00. The minimum Gasteiger partial charge on any atom is -0.482 e. The first kappa shape index (κ1) is 13.0. The summed E-state index contributed by atoms with van der Waals surface area (Å²) in [5.41, 5.74) is 0. The summed E-state index contributed by atoms with van der Waals surface area (Å²) in [6.45, 7) is 1.19. The van der Waals surface area contributed by atoms with Crippen molar-refractivity contribution in [1.82, 2.24) is 0 Å². The van der Waals surface area contributed by atoms with Crippen LogP contribution in [0.4, 0.5) is 0 Å². The smallest absolute Gasteiger partial charge is 0.346 e. The Bertz CT molecular complexity index is 374. The fraction of sp³-hybridized carbons (Fsp3) is 0.333. The van der Waals surface area contributed by atoms with Crippen LogP contribution in [0.15, 0.2) is 30.3 Å². The molecular formula is C12H14O5. The highest BCUT2D eigenvalue weighted by molar-refractivity contribution is 5.79. The highest BCUT2D eigenvalue weighted by atomic mass is 16.6. The normalized spacial score (nSPS) is 11.4. The van der Waals surface area contributed by atoms with Gasteiger partial charge in [-0.2, -0.15) is 0 Å². The number of rotatable bonds is 5. The summed E-state index contributed by atoms with van der Waals surface area (Å²) in [5, 5.41) is 0. The highest BCUT2D eigenvalue weighted by Crippen LogP contribution is 2.08. The summed E-state index contributed by atoms with van der Waals surface area (Å²) in [4.78, 5) is 22.3. The van der Waals surface area contributed by atoms with Gasteiger partial charge >= 0.3 is 11.9 Å². The van der Waals surface area contributed by atoms with E-state index in [0.29, 0.717) is 5.75 Å². The Morgan fingerprint density at radius 1 is 1.24 bits per heavy atom. The van der Waals surface area contributed by atoms with Crippen LogP contribution in [0.25, 0.3) is 0 Å². The topological polar surface area (TPSA) is 61.8 Å². The van der Waals surface area contributed by atoms with E-state index in [-0.39, 0.29) is 6.61 Å². The van der Waals surface area contributed by atoms with E-state index in [9.17, 15) is 9.59 Å². The van der Waals surface area contributed by atoms with Crippen LogP contribution in [0.2, 0.25) is 0 Å². The van der Waals surface area contributed by atoms with Crippen molar-refractivity contribution >= 4 is 11.9 Å². The van der Waals surface area contributed by atoms with Crippen LogP contribution in [0.3, 0.4) is 0 Å². The lowest BCUT2D eigenvalue weighted by Gasteiger charge is -2.11. The molecule has 1 aromatic carbocycles. The van der Waals surface area contributed by atoms with Crippen molar-refractivity contribution in [2.24, 2.45) is 0 Å². The highest BCUT2D eigenvalue weighted by Gasteiger charge is 2.18. The van der Waals surface area contributed by atoms with Crippen LogP contribution in [0.1, 0.15) is 6.92 Å². The maximum atomic E-state index is 11.3. The summed E-state index contributed by atoms with van der Waals surface area (Å²) in [7, 11) is 1.23. The number of ether oxygens (including phenoxy) is 3. The summed E-state index contributed by atoms with van der Waals surface area (Å²) < 4.78 is 14.4. The number of methoxy groups -OCH3 is 1. The summed E-state index contributed by atoms with van der Waals surface area (Å²) in [5.74, 6) is -0.653. The zero-order chi connectivity index (χ0) is 12.7. The molecule has 0 aliphatic carbocycles. The minimum atomic E-state index is -0.924. The van der Waals surface area contributed by atoms with Crippen LogP contribution >= 0.6 is 0 Å². The number of benzene rings is 1. The molecule has 0 fully saturated rings. The van der Waals surface area contributed by atoms with Gasteiger partial charge in [0.25, 0.3) is 0 Å². The number of carbonyl (C=O) groups excluding carboxylic acids is 2. The molecule has 1 rings (SSSR count). The fourth-order valence-electron chi connectivity index (χ4n) is 1.10. The average Bonchev–Trinajstić information content (AvgIpc) is 2.36. The van der Waals surface area contributed by atoms with Crippen molar-refractivity contribution in [3.63, 3.8) is 0 Å². The predicted octanol–water partition coefficient (Wildman–Crippen LogP) is 1.17. The van der Waals surface area contributed by atoms with E-state index in [2.05, 4.69) is 4.74 Å². The molecule has 0 N–H and O–H groups in total. The van der Waals surface area contributed by atoms with E-state index in [1.54, 1.807) is 24.3 Å². The molecule has 0 saturated carbocycles. The van der Waals surface area contributed by atoms with E-state index in [4.69, 9.17) is 9.47 Å². The molecule has 0 saturated heterocycles. The van der Waals surface area contributed by atoms with E-state index in [1.165, 1.54) is 14.0 Å². The standard InChI is InChI=1S/C12H14O5/c1-9(12(14)15-2)17-11(13)8-16-10-6-4-3-5-7-10/h3-7,9H,8H2,1-2H3/t9-/m1/s1. The number of hydrogen-bond donors (Lipinski definition) is 0. The summed E-state index contributed by atoms with van der Waals surface area (Å²) in [6.07, 6.45) is -0.924. The monoisotopic (exact) mass is 238 g/mol. The van der Waals surface area contributed by atoms with Gasteiger partial charge in [0.15, 0.2) is 12.7 Å². The predicted molar refractivity (Wildman–Crippen MR) is 59.5 cm³/mol. The molecule has 5 nitrogen and oxygen atoms in total. The third kappa shape index (κ3) is 4.55. The lowest BCUT2D eigenvalue weighted by Crippen LogP contribution is -2.27. The van der Waals surface area contributed by atoms with Crippen LogP contribution in [0.5, 0.6) is 5.75 Å². The van der Waals surface area contributed by atoms with Gasteiger partial charge in [0.05, 0.1) is 7.11 Å². The van der Waals surface area contributed by atoms with Gasteiger partial charge in [0.2, 0.25) is 0 Å². The van der Waals surface area contributed by atoms with Crippen LogP contribution in [0, 0.1) is 0 Å². The van der Waals surface area contributed by atoms with Gasteiger partial charge in [-0.15, -0.1) is 0 Å². The molecular weight excluding hydrogens is 224 g/mol. The second kappa shape index (κ2) is 6.52. The molecule has 0 unspecified atom stereocenters. The Labute approximate surface area is 99.3 Å². The average molecular weight is 238 g/mol. The minimum absolute atomic E-state index is 0.245. The molecule has 0 radical (unpaired) electrons. The third-order valence-corrected chi connectivity index (χ3v) is 1.94. The quantitative estimate of drug-likeness (QED) is 0.720. The van der Waals surface area contributed by atoms with Gasteiger partial charge in [-0.25, -0.2) is 9.59 Å². The van der Waals surface area contributed by atoms with Crippen LogP contribution in [-0.4, -0.2) is 31.8 Å². The van der Waals surface area contributed by atoms with Gasteiger partial charge in [-0.3, -0.25) is 0 Å². The summed E-state index contributed by atoms with van der Waals surface area (Å²) in [6, 6.07) is 8.86. The van der Waals surface area contributed by atoms with Gasteiger partial charge in [-0.1, -0.05) is 18.2 Å². The first-order chi connectivity index (χ1) is 8.13. The Hall–Kier alpha value is -2.04. The largest absolute Gasteiger partial charge is 0.482 e. The molecule has 0 aromatic heterocycles. The molecule has 0 aliphatic rings. The van der Waals surface area contributed by atoms with Crippen molar-refractivity contribution < 1.29 is 23.8 Å². The van der Waals surface area contributed by atoms with Gasteiger partial charge in [-0.05, 0) is 19.1 Å². The number of carbonyl (C=O) groups is 2. The lowest BCUT2D eigenvalue weighted by atomic mass is 10.3. The van der Waals surface area contributed by atoms with Crippen molar-refractivity contribution in [3.8, 4) is 5.75 Å². The molecule has 0 heterocycles. The van der Waals surface area contributed by atoms with Crippen molar-refractivity contribution in [2.75, 3.05) is 13.7 Å². The van der Waals surface area contributed by atoms with E-state index < -0.39 is 18.0 Å². The number of esters is 2. The molecule has 0 bridgehead atoms. The number of hydrogen-bond acceptors (Lipinski definition) is 5. The Balaban J connectivity index is 2.33. The molecule has 92 valence electrons. The first-order valence-electron chi connectivity index (χ1n) is 5.08. The van der Waals surface area contributed by atoms with E-state index in [1.807, 2.05) is 6.07 Å². The van der Waals surface area contributed by atoms with Crippen molar-refractivity contribution in [3.05, 3.63) is 30.3 Å². The third-order valence-electron chi connectivity index (χ3n) is 1.94. The SMILES string of the molecule is COC(=O)[C@@H](C)OC(=O)COc1ccccc1. The number of para-hydroxylation sites is 1. The van der Waals surface area contributed by atoms with Crippen LogP contribution in [-0.2, 0) is 19.1 Å². The molecule has 1 aromatic rings. The Morgan fingerprint density at radius 3 is 2.47 bits per heavy atom. The molecule has 5 heteroatoms. The second-order valence-electron chi connectivity index (χ2n) is 3.26. The maximum Gasteiger partial charge on any atom is 0.346 e. The molecule has 1 atom stereocenters. The molecule has 17 heavy (non-hydrogen) atoms. The van der Waals surface area contributed by atoms with Gasteiger partial charge in [0, 0.05) is 0 Å². The first-order valence-corrected chi connectivity index (χ1v) is 5.08. The van der Waals surface area contributed by atoms with Crippen molar-refractivity contribution in [1.29, 1.82) is 0 Å². The van der Waals surface area contributed by atoms with Gasteiger partial charge in [0.1, 0.15) is 5.75 Å². The lowest BCUT2D eigenvalue weighted by molar-refractivity contribution is -0.165. The van der Waals surface area contributed by atoms with Crippen molar-refractivity contribution in [2.45, 2.75) is 13.0 Å².